The molecule has 0 saturated carbocycles. The number of benzene rings is 2. The number of nitrogens with zero attached hydrogens (tertiary/aromatic N) is 1. The van der Waals surface area contributed by atoms with Crippen LogP contribution in [0.2, 0.25) is 0 Å². The van der Waals surface area contributed by atoms with Crippen molar-refractivity contribution in [3.63, 3.8) is 0 Å². The fourth-order valence-electron chi connectivity index (χ4n) is 7.19. The molecule has 0 aliphatic rings. The summed E-state index contributed by atoms with van der Waals surface area (Å²) in [6.45, 7) is 4.15. The molecule has 2 aromatic rings. The van der Waals surface area contributed by atoms with Crippen molar-refractivity contribution in [1.29, 1.82) is 0 Å². The molecule has 10 N–H and O–H groups in total. The first-order valence-electron chi connectivity index (χ1n) is 23.0. The fraction of sp³-hybridized carbons (Fsp3) is 0.596. The molecule has 0 aliphatic carbocycles. The van der Waals surface area contributed by atoms with Crippen LogP contribution in [0.4, 0.5) is 5.69 Å². The maximum absolute atomic E-state index is 13.4. The number of amides is 6. The Morgan fingerprint density at radius 3 is 1.52 bits per heavy atom. The summed E-state index contributed by atoms with van der Waals surface area (Å²) in [7, 11) is 0. The first kappa shape index (κ1) is 56.2. The number of nitro groups is 1. The molecule has 0 saturated heterocycles. The van der Waals surface area contributed by atoms with E-state index in [2.05, 4.69) is 26.6 Å². The molecule has 6 amide bonds. The zero-order valence-corrected chi connectivity index (χ0v) is 38.5. The van der Waals surface area contributed by atoms with Crippen molar-refractivity contribution in [2.45, 2.75) is 166 Å². The first-order valence-corrected chi connectivity index (χ1v) is 23.0. The van der Waals surface area contributed by atoms with Crippen LogP contribution in [-0.4, -0.2) is 105 Å². The molecule has 7 atom stereocenters. The number of primary amides is 1. The Kier molecular flexibility index (Phi) is 26.4. The number of rotatable bonds is 34. The van der Waals surface area contributed by atoms with Gasteiger partial charge in [0.1, 0.15) is 30.2 Å². The summed E-state index contributed by atoms with van der Waals surface area (Å²) in [5, 5.41) is 53.3. The lowest BCUT2D eigenvalue weighted by molar-refractivity contribution is -0.384. The van der Waals surface area contributed by atoms with Gasteiger partial charge in [-0.05, 0) is 36.8 Å². The highest BCUT2D eigenvalue weighted by molar-refractivity contribution is 5.94. The van der Waals surface area contributed by atoms with Crippen molar-refractivity contribution in [3.8, 4) is 0 Å². The molecule has 0 radical (unpaired) electrons. The van der Waals surface area contributed by atoms with Gasteiger partial charge >= 0.3 is 5.97 Å². The molecule has 19 nitrogen and oxygen atoms in total. The highest BCUT2D eigenvalue weighted by atomic mass is 16.6. The van der Waals surface area contributed by atoms with Crippen molar-refractivity contribution in [1.82, 2.24) is 26.6 Å². The quantitative estimate of drug-likeness (QED) is 0.0278. The second-order valence-electron chi connectivity index (χ2n) is 16.9. The third kappa shape index (κ3) is 21.8. The van der Waals surface area contributed by atoms with Crippen LogP contribution in [0.1, 0.15) is 128 Å². The third-order valence-electron chi connectivity index (χ3n) is 11.4. The molecule has 66 heavy (non-hydrogen) atoms. The van der Waals surface area contributed by atoms with Gasteiger partial charge in [0.05, 0.1) is 17.6 Å². The normalized spacial score (nSPS) is 14.3. The van der Waals surface area contributed by atoms with Crippen molar-refractivity contribution in [2.24, 2.45) is 11.7 Å². The van der Waals surface area contributed by atoms with Crippen LogP contribution in [0, 0.1) is 16.0 Å². The predicted molar refractivity (Wildman–Crippen MR) is 246 cm³/mol. The Hall–Kier alpha value is -5.95. The average Bonchev–Trinajstić information content (AvgIpc) is 3.28. The van der Waals surface area contributed by atoms with Gasteiger partial charge in [0.2, 0.25) is 35.4 Å². The Bertz CT molecular complexity index is 1850. The second-order valence-corrected chi connectivity index (χ2v) is 16.9. The van der Waals surface area contributed by atoms with E-state index < -0.39 is 83.3 Å². The highest BCUT2D eigenvalue weighted by Gasteiger charge is 2.33. The lowest BCUT2D eigenvalue weighted by atomic mass is 9.97. The van der Waals surface area contributed by atoms with Gasteiger partial charge < -0.3 is 47.6 Å². The minimum Gasteiger partial charge on any atom is -0.480 e. The van der Waals surface area contributed by atoms with E-state index in [1.165, 1.54) is 31.2 Å². The van der Waals surface area contributed by atoms with E-state index in [1.807, 2.05) is 0 Å². The maximum atomic E-state index is 13.4. The Labute approximate surface area is 387 Å². The molecule has 0 aliphatic heterocycles. The molecule has 0 heterocycles. The summed E-state index contributed by atoms with van der Waals surface area (Å²) in [5.74, 6) is -5.45. The van der Waals surface area contributed by atoms with Gasteiger partial charge in [0.15, 0.2) is 0 Å². The van der Waals surface area contributed by atoms with Gasteiger partial charge in [0.25, 0.3) is 5.69 Å². The lowest BCUT2D eigenvalue weighted by Crippen LogP contribution is -2.60. The monoisotopic (exact) mass is 926 g/mol. The number of carbonyl (C=O) groups excluding carboxylic acids is 6. The van der Waals surface area contributed by atoms with E-state index in [9.17, 15) is 59.0 Å². The lowest BCUT2D eigenvalue weighted by Gasteiger charge is -2.28. The molecule has 2 aromatic carbocycles. The molecule has 0 bridgehead atoms. The van der Waals surface area contributed by atoms with Gasteiger partial charge in [-0.25, -0.2) is 4.79 Å². The minimum atomic E-state index is -1.33. The largest absolute Gasteiger partial charge is 0.480 e. The second kappa shape index (κ2) is 31.1. The topological polar surface area (TPSA) is 309 Å². The van der Waals surface area contributed by atoms with E-state index in [1.54, 1.807) is 44.2 Å². The van der Waals surface area contributed by atoms with Crippen molar-refractivity contribution < 1.29 is 53.8 Å². The van der Waals surface area contributed by atoms with E-state index in [0.29, 0.717) is 30.4 Å². The Morgan fingerprint density at radius 2 is 1.06 bits per heavy atom. The van der Waals surface area contributed by atoms with E-state index >= 15 is 0 Å². The van der Waals surface area contributed by atoms with Crippen molar-refractivity contribution in [3.05, 3.63) is 75.8 Å². The number of hydrogen-bond donors (Lipinski definition) is 9. The van der Waals surface area contributed by atoms with Crippen LogP contribution in [0.3, 0.4) is 0 Å². The molecule has 3 unspecified atom stereocenters. The number of aliphatic hydroxyl groups is 2. The molecule has 2 rings (SSSR count). The van der Waals surface area contributed by atoms with Crippen molar-refractivity contribution >= 4 is 47.1 Å². The van der Waals surface area contributed by atoms with Crippen LogP contribution in [-0.2, 0) is 46.4 Å². The molecule has 19 heteroatoms. The van der Waals surface area contributed by atoms with Crippen LogP contribution in [0.5, 0.6) is 0 Å². The molecule has 0 aromatic heterocycles. The molecular weight excluding hydrogens is 855 g/mol. The Morgan fingerprint density at radius 1 is 0.606 bits per heavy atom. The summed E-state index contributed by atoms with van der Waals surface area (Å²) in [4.78, 5) is 99.1. The average molecular weight is 926 g/mol. The number of carboxylic acid groups (broad SMARTS) is 1. The van der Waals surface area contributed by atoms with Crippen LogP contribution in [0.25, 0.3) is 0 Å². The smallest absolute Gasteiger partial charge is 0.326 e. The highest BCUT2D eigenvalue weighted by Crippen LogP contribution is 2.16. The van der Waals surface area contributed by atoms with Crippen LogP contribution in [0.15, 0.2) is 54.6 Å². The third-order valence-corrected chi connectivity index (χ3v) is 11.4. The number of unbranched alkanes of at least 4 members (excludes halogenated alkanes) is 11. The van der Waals surface area contributed by atoms with Gasteiger partial charge in [-0.3, -0.25) is 38.9 Å². The van der Waals surface area contributed by atoms with Gasteiger partial charge in [-0.2, -0.15) is 0 Å². The van der Waals surface area contributed by atoms with E-state index in [-0.39, 0.29) is 43.2 Å². The number of non-ortho nitro benzene ring substituents is 1. The molecule has 0 spiro atoms. The zero-order valence-electron chi connectivity index (χ0n) is 38.5. The first-order chi connectivity index (χ1) is 31.5. The molecule has 0 fully saturated rings. The van der Waals surface area contributed by atoms with Gasteiger partial charge in [-0.1, -0.05) is 127 Å². The van der Waals surface area contributed by atoms with Crippen molar-refractivity contribution in [2.75, 3.05) is 6.61 Å². The SMILES string of the molecule is CCC(C)[C@@H](NC(=O)[C@@H](NC(=O)CCCCCCCCCCCCCCC(=O)N[C@@H](Cc1ccc([N+](=O)[O-])cc1)C(=O)N[C@@H](Cc1ccccc1)C(=O)O)C(C)O)C(=O)NC(CO)C(N)=O. The number of nitro benzene ring substituents is 1. The van der Waals surface area contributed by atoms with E-state index in [4.69, 9.17) is 5.73 Å². The predicted octanol–water partition coefficient (Wildman–Crippen LogP) is 3.25. The summed E-state index contributed by atoms with van der Waals surface area (Å²) in [6.07, 6.45) is 10.6. The van der Waals surface area contributed by atoms with Gasteiger partial charge in [0, 0.05) is 37.8 Å². The zero-order chi connectivity index (χ0) is 49.0. The maximum Gasteiger partial charge on any atom is 0.326 e. The number of aliphatic carboxylic acids is 1. The van der Waals surface area contributed by atoms with Crippen LogP contribution >= 0.6 is 0 Å². The standard InChI is InChI=1S/C47H71N7O12/c1-4-31(2)41(45(61)51-38(30-55)43(48)59)53-46(62)42(32(3)56)52-40(58)23-19-14-12-10-8-6-5-7-9-11-13-18-22-39(57)49-36(28-34-24-26-35(27-25-34)54(65)66)44(60)50-37(47(63)64)29-33-20-16-15-17-21-33/h15-17,20-21,24-27,31-32,36-38,41-42,55-56H,4-14,18-19,22-23,28-30H2,1-3H3,(H2,48,59)(H,49,57)(H,50,60)(H,51,61)(H,52,58)(H,53,62)(H,63,64)/t31?,32?,36-,37-,38?,41+,42-/m0/s1. The number of aliphatic hydroxyl groups excluding tert-OH is 2. The van der Waals surface area contributed by atoms with Crippen LogP contribution < -0.4 is 32.3 Å². The number of carbonyl (C=O) groups is 7. The van der Waals surface area contributed by atoms with E-state index in [0.717, 1.165) is 64.2 Å². The van der Waals surface area contributed by atoms with Gasteiger partial charge in [-0.15, -0.1) is 0 Å². The summed E-state index contributed by atoms with van der Waals surface area (Å²) >= 11 is 0. The summed E-state index contributed by atoms with van der Waals surface area (Å²) in [5.41, 5.74) is 6.36. The number of nitrogens with two attached hydrogens (primary N) is 1. The molecule has 366 valence electrons. The summed E-state index contributed by atoms with van der Waals surface area (Å²) < 4.78 is 0. The number of carboxylic acids is 1. The fourth-order valence-corrected chi connectivity index (χ4v) is 7.19. The Balaban J connectivity index is 1.68. The minimum absolute atomic E-state index is 0.0130. The number of hydrogen-bond acceptors (Lipinski definition) is 11. The summed E-state index contributed by atoms with van der Waals surface area (Å²) in [6, 6.07) is 8.39. The molecular formula is C47H71N7O12. The number of nitrogens with one attached hydrogen (secondary N) is 5.